The summed E-state index contributed by atoms with van der Waals surface area (Å²) in [5.41, 5.74) is 1.83. The third-order valence-corrected chi connectivity index (χ3v) is 4.56. The van der Waals surface area contributed by atoms with Crippen LogP contribution >= 0.6 is 0 Å². The number of benzene rings is 1. The molecule has 1 atom stereocenters. The first-order chi connectivity index (χ1) is 11.0. The molecule has 0 saturated carbocycles. The van der Waals surface area contributed by atoms with Crippen molar-refractivity contribution in [1.29, 1.82) is 0 Å². The second-order valence-corrected chi connectivity index (χ2v) is 6.09. The van der Waals surface area contributed by atoms with Crippen LogP contribution in [0.3, 0.4) is 0 Å². The minimum absolute atomic E-state index is 0.0645. The van der Waals surface area contributed by atoms with Crippen LogP contribution in [0.15, 0.2) is 24.3 Å². The number of likely N-dealkylation sites (tertiary alicyclic amines) is 1. The number of carboxylic acid groups (broad SMARTS) is 1. The van der Waals surface area contributed by atoms with Crippen molar-refractivity contribution in [3.05, 3.63) is 35.4 Å². The highest BCUT2D eigenvalue weighted by Crippen LogP contribution is 2.19. The van der Waals surface area contributed by atoms with E-state index in [-0.39, 0.29) is 5.91 Å². The number of carboxylic acids is 1. The molecule has 5 heteroatoms. The third-order valence-electron chi connectivity index (χ3n) is 4.56. The predicted molar refractivity (Wildman–Crippen MR) is 89.3 cm³/mol. The van der Waals surface area contributed by atoms with Gasteiger partial charge in [-0.1, -0.05) is 26.0 Å². The Bertz CT molecular complexity index is 538. The van der Waals surface area contributed by atoms with Crippen LogP contribution in [0, 0.1) is 5.92 Å². The maximum atomic E-state index is 12.5. The predicted octanol–water partition coefficient (Wildman–Crippen LogP) is 2.47. The number of carbonyl (C=O) groups is 2. The summed E-state index contributed by atoms with van der Waals surface area (Å²) in [6.45, 7) is 8.11. The molecule has 1 heterocycles. The van der Waals surface area contributed by atoms with Gasteiger partial charge in [0, 0.05) is 25.2 Å². The highest BCUT2D eigenvalue weighted by atomic mass is 16.4. The zero-order valence-electron chi connectivity index (χ0n) is 14.0. The van der Waals surface area contributed by atoms with Crippen molar-refractivity contribution >= 4 is 11.9 Å². The van der Waals surface area contributed by atoms with Gasteiger partial charge in [-0.25, -0.2) is 0 Å². The van der Waals surface area contributed by atoms with Crippen molar-refractivity contribution in [1.82, 2.24) is 9.80 Å². The average Bonchev–Trinajstić information content (AvgIpc) is 2.59. The summed E-state index contributed by atoms with van der Waals surface area (Å²) in [6.07, 6.45) is 1.41. The first-order valence-corrected chi connectivity index (χ1v) is 8.38. The van der Waals surface area contributed by atoms with E-state index in [0.717, 1.165) is 26.1 Å². The number of piperidine rings is 1. The summed E-state index contributed by atoms with van der Waals surface area (Å²) in [5.74, 6) is -1.31. The monoisotopic (exact) mass is 318 g/mol. The first-order valence-electron chi connectivity index (χ1n) is 8.38. The molecular formula is C18H26N2O3. The SMILES string of the molecule is CCN(CC)Cc1ccc(C(=O)N2CCCC(C(=O)O)C2)cc1. The Kier molecular flexibility index (Phi) is 6.16. The molecule has 1 unspecified atom stereocenters. The molecule has 0 spiro atoms. The average molecular weight is 318 g/mol. The van der Waals surface area contributed by atoms with E-state index in [4.69, 9.17) is 5.11 Å². The smallest absolute Gasteiger partial charge is 0.308 e. The van der Waals surface area contributed by atoms with Gasteiger partial charge in [-0.05, 0) is 43.6 Å². The number of hydrogen-bond donors (Lipinski definition) is 1. The fourth-order valence-corrected chi connectivity index (χ4v) is 3.00. The number of nitrogens with zero attached hydrogens (tertiary/aromatic N) is 2. The molecule has 1 aliphatic rings. The Hall–Kier alpha value is -1.88. The van der Waals surface area contributed by atoms with Crippen molar-refractivity contribution in [2.24, 2.45) is 5.92 Å². The van der Waals surface area contributed by atoms with Crippen LogP contribution in [0.1, 0.15) is 42.6 Å². The zero-order chi connectivity index (χ0) is 16.8. The van der Waals surface area contributed by atoms with E-state index in [2.05, 4.69) is 18.7 Å². The third kappa shape index (κ3) is 4.55. The van der Waals surface area contributed by atoms with Crippen LogP contribution < -0.4 is 0 Å². The first kappa shape index (κ1) is 17.5. The Balaban J connectivity index is 2.01. The van der Waals surface area contributed by atoms with Gasteiger partial charge in [0.05, 0.1) is 5.92 Å². The van der Waals surface area contributed by atoms with E-state index in [1.807, 2.05) is 24.3 Å². The Morgan fingerprint density at radius 3 is 2.43 bits per heavy atom. The van der Waals surface area contributed by atoms with Gasteiger partial charge in [-0.3, -0.25) is 14.5 Å². The van der Waals surface area contributed by atoms with Crippen molar-refractivity contribution in [3.8, 4) is 0 Å². The maximum Gasteiger partial charge on any atom is 0.308 e. The number of carbonyl (C=O) groups excluding carboxylic acids is 1. The molecule has 2 rings (SSSR count). The van der Waals surface area contributed by atoms with Crippen LogP contribution in [0.25, 0.3) is 0 Å². The largest absolute Gasteiger partial charge is 0.481 e. The molecule has 23 heavy (non-hydrogen) atoms. The van der Waals surface area contributed by atoms with E-state index in [1.165, 1.54) is 5.56 Å². The molecule has 0 bridgehead atoms. The molecule has 1 fully saturated rings. The highest BCUT2D eigenvalue weighted by Gasteiger charge is 2.28. The van der Waals surface area contributed by atoms with E-state index >= 15 is 0 Å². The molecule has 1 N–H and O–H groups in total. The van der Waals surface area contributed by atoms with Crippen LogP contribution in [0.5, 0.6) is 0 Å². The fraction of sp³-hybridized carbons (Fsp3) is 0.556. The van der Waals surface area contributed by atoms with E-state index in [0.29, 0.717) is 25.1 Å². The van der Waals surface area contributed by atoms with Crippen LogP contribution in [0.2, 0.25) is 0 Å². The second kappa shape index (κ2) is 8.11. The van der Waals surface area contributed by atoms with Gasteiger partial charge in [0.25, 0.3) is 5.91 Å². The highest BCUT2D eigenvalue weighted by molar-refractivity contribution is 5.94. The second-order valence-electron chi connectivity index (χ2n) is 6.09. The van der Waals surface area contributed by atoms with Gasteiger partial charge >= 0.3 is 5.97 Å². The lowest BCUT2D eigenvalue weighted by molar-refractivity contribution is -0.143. The van der Waals surface area contributed by atoms with Gasteiger partial charge < -0.3 is 10.0 Å². The molecule has 1 aromatic carbocycles. The van der Waals surface area contributed by atoms with Crippen LogP contribution in [-0.4, -0.2) is 53.0 Å². The summed E-state index contributed by atoms with van der Waals surface area (Å²) in [6, 6.07) is 7.69. The number of hydrogen-bond acceptors (Lipinski definition) is 3. The van der Waals surface area contributed by atoms with Gasteiger partial charge in [0.15, 0.2) is 0 Å². The van der Waals surface area contributed by atoms with Crippen molar-refractivity contribution in [2.45, 2.75) is 33.2 Å². The molecule has 1 saturated heterocycles. The van der Waals surface area contributed by atoms with E-state index < -0.39 is 11.9 Å². The topological polar surface area (TPSA) is 60.9 Å². The molecular weight excluding hydrogens is 292 g/mol. The molecule has 0 aromatic heterocycles. The van der Waals surface area contributed by atoms with Crippen molar-refractivity contribution in [3.63, 3.8) is 0 Å². The maximum absolute atomic E-state index is 12.5. The lowest BCUT2D eigenvalue weighted by Crippen LogP contribution is -2.42. The normalized spacial score (nSPS) is 18.2. The fourth-order valence-electron chi connectivity index (χ4n) is 3.00. The Labute approximate surface area is 137 Å². The molecule has 5 nitrogen and oxygen atoms in total. The van der Waals surface area contributed by atoms with Gasteiger partial charge in [-0.15, -0.1) is 0 Å². The minimum Gasteiger partial charge on any atom is -0.481 e. The molecule has 0 radical (unpaired) electrons. The van der Waals surface area contributed by atoms with E-state index in [1.54, 1.807) is 4.90 Å². The molecule has 126 valence electrons. The van der Waals surface area contributed by atoms with Crippen LogP contribution in [0.4, 0.5) is 0 Å². The summed E-state index contributed by atoms with van der Waals surface area (Å²) in [5, 5.41) is 9.13. The zero-order valence-corrected chi connectivity index (χ0v) is 14.0. The molecule has 1 aliphatic heterocycles. The summed E-state index contributed by atoms with van der Waals surface area (Å²) in [7, 11) is 0. The van der Waals surface area contributed by atoms with Gasteiger partial charge in [0.1, 0.15) is 0 Å². The number of aliphatic carboxylic acids is 1. The lowest BCUT2D eigenvalue weighted by Gasteiger charge is -2.30. The van der Waals surface area contributed by atoms with Crippen LogP contribution in [-0.2, 0) is 11.3 Å². The summed E-state index contributed by atoms with van der Waals surface area (Å²) in [4.78, 5) is 27.6. The standard InChI is InChI=1S/C18H26N2O3/c1-3-19(4-2)12-14-7-9-15(10-8-14)17(21)20-11-5-6-16(13-20)18(22)23/h7-10,16H,3-6,11-13H2,1-2H3,(H,22,23). The quantitative estimate of drug-likeness (QED) is 0.875. The summed E-state index contributed by atoms with van der Waals surface area (Å²) >= 11 is 0. The Morgan fingerprint density at radius 1 is 1.22 bits per heavy atom. The van der Waals surface area contributed by atoms with Gasteiger partial charge in [-0.2, -0.15) is 0 Å². The molecule has 0 aliphatic carbocycles. The van der Waals surface area contributed by atoms with Crippen molar-refractivity contribution < 1.29 is 14.7 Å². The Morgan fingerprint density at radius 2 is 1.87 bits per heavy atom. The molecule has 1 aromatic rings. The number of amides is 1. The number of rotatable bonds is 6. The van der Waals surface area contributed by atoms with Crippen molar-refractivity contribution in [2.75, 3.05) is 26.2 Å². The van der Waals surface area contributed by atoms with Gasteiger partial charge in [0.2, 0.25) is 0 Å². The molecule has 1 amide bonds. The summed E-state index contributed by atoms with van der Waals surface area (Å²) < 4.78 is 0. The lowest BCUT2D eigenvalue weighted by atomic mass is 9.97. The minimum atomic E-state index is -0.808. The van der Waals surface area contributed by atoms with E-state index in [9.17, 15) is 9.59 Å².